The van der Waals surface area contributed by atoms with Gasteiger partial charge in [0.15, 0.2) is 0 Å². The Morgan fingerprint density at radius 3 is 2.77 bits per heavy atom. The van der Waals surface area contributed by atoms with Gasteiger partial charge in [-0.15, -0.1) is 6.58 Å². The third kappa shape index (κ3) is 4.34. The molecule has 0 aromatic heterocycles. The van der Waals surface area contributed by atoms with E-state index < -0.39 is 0 Å². The number of amides is 1. The summed E-state index contributed by atoms with van der Waals surface area (Å²) in [6, 6.07) is 9.69. The normalized spacial score (nSPS) is 21.1. The van der Waals surface area contributed by atoms with E-state index in [-0.39, 0.29) is 24.5 Å². The van der Waals surface area contributed by atoms with Crippen LogP contribution in [-0.4, -0.2) is 41.7 Å². The standard InChI is InChI=1S/C18H25NO3/c1-2-8-15-13-16(14-20)19(18(15)21)11-6-7-12-22-17-9-4-3-5-10-17/h2-5,9-10,15-16,20H,1,6-8,11-14H2/t15-,16+/m1/s1. The van der Waals surface area contributed by atoms with Crippen LogP contribution in [-0.2, 0) is 4.79 Å². The van der Waals surface area contributed by atoms with Crippen molar-refractivity contribution in [1.29, 1.82) is 0 Å². The van der Waals surface area contributed by atoms with Gasteiger partial charge in [0, 0.05) is 12.5 Å². The Bertz CT molecular complexity index is 474. The molecule has 0 unspecified atom stereocenters. The SMILES string of the molecule is C=CC[C@@H]1C[C@@H](CO)N(CCCCOc2ccccc2)C1=O. The highest BCUT2D eigenvalue weighted by Crippen LogP contribution is 2.27. The van der Waals surface area contributed by atoms with Crippen LogP contribution in [0.15, 0.2) is 43.0 Å². The number of para-hydroxylation sites is 1. The molecule has 2 rings (SSSR count). The van der Waals surface area contributed by atoms with Gasteiger partial charge in [-0.3, -0.25) is 4.79 Å². The molecule has 22 heavy (non-hydrogen) atoms. The minimum atomic E-state index is -0.0347. The third-order valence-electron chi connectivity index (χ3n) is 4.10. The Hall–Kier alpha value is -1.81. The van der Waals surface area contributed by atoms with Crippen molar-refractivity contribution in [3.05, 3.63) is 43.0 Å². The second-order valence-electron chi connectivity index (χ2n) is 5.69. The molecule has 0 saturated carbocycles. The van der Waals surface area contributed by atoms with E-state index in [4.69, 9.17) is 4.74 Å². The maximum absolute atomic E-state index is 12.3. The van der Waals surface area contributed by atoms with Crippen molar-refractivity contribution in [2.24, 2.45) is 5.92 Å². The molecule has 1 aromatic carbocycles. The van der Waals surface area contributed by atoms with Gasteiger partial charge in [0.1, 0.15) is 5.75 Å². The van der Waals surface area contributed by atoms with Crippen LogP contribution in [0.2, 0.25) is 0 Å². The number of unbranched alkanes of at least 4 members (excludes halogenated alkanes) is 1. The van der Waals surface area contributed by atoms with Crippen molar-refractivity contribution >= 4 is 5.91 Å². The molecule has 0 radical (unpaired) electrons. The molecule has 0 bridgehead atoms. The lowest BCUT2D eigenvalue weighted by molar-refractivity contribution is -0.132. The van der Waals surface area contributed by atoms with E-state index in [0.717, 1.165) is 25.0 Å². The zero-order valence-corrected chi connectivity index (χ0v) is 13.0. The van der Waals surface area contributed by atoms with E-state index in [9.17, 15) is 9.90 Å². The lowest BCUT2D eigenvalue weighted by Crippen LogP contribution is -2.36. The molecule has 1 aromatic rings. The molecule has 1 aliphatic rings. The lowest BCUT2D eigenvalue weighted by atomic mass is 10.0. The Kier molecular flexibility index (Phi) is 6.46. The van der Waals surface area contributed by atoms with Crippen molar-refractivity contribution in [3.63, 3.8) is 0 Å². The van der Waals surface area contributed by atoms with E-state index in [1.54, 1.807) is 6.08 Å². The average molecular weight is 303 g/mol. The predicted octanol–water partition coefficient (Wildman–Crippen LogP) is 2.63. The molecule has 2 atom stereocenters. The van der Waals surface area contributed by atoms with Crippen LogP contribution < -0.4 is 4.74 Å². The molecule has 1 N–H and O–H groups in total. The summed E-state index contributed by atoms with van der Waals surface area (Å²) in [5.74, 6) is 1.03. The minimum Gasteiger partial charge on any atom is -0.494 e. The maximum Gasteiger partial charge on any atom is 0.226 e. The molecule has 1 aliphatic heterocycles. The summed E-state index contributed by atoms with van der Waals surface area (Å²) in [6.07, 6.45) is 5.00. The number of hydrogen-bond donors (Lipinski definition) is 1. The number of allylic oxidation sites excluding steroid dienone is 1. The van der Waals surface area contributed by atoms with Gasteiger partial charge in [-0.1, -0.05) is 24.3 Å². The topological polar surface area (TPSA) is 49.8 Å². The number of hydrogen-bond acceptors (Lipinski definition) is 3. The maximum atomic E-state index is 12.3. The van der Waals surface area contributed by atoms with Crippen LogP contribution in [0, 0.1) is 5.92 Å². The van der Waals surface area contributed by atoms with Crippen LogP contribution in [0.25, 0.3) is 0 Å². The molecular formula is C18H25NO3. The first-order valence-electron chi connectivity index (χ1n) is 7.96. The summed E-state index contributed by atoms with van der Waals surface area (Å²) in [6.45, 7) is 5.08. The van der Waals surface area contributed by atoms with Crippen molar-refractivity contribution < 1.29 is 14.6 Å². The first-order valence-corrected chi connectivity index (χ1v) is 7.96. The van der Waals surface area contributed by atoms with Crippen LogP contribution in [0.4, 0.5) is 0 Å². The Balaban J connectivity index is 1.71. The monoisotopic (exact) mass is 303 g/mol. The summed E-state index contributed by atoms with van der Waals surface area (Å²) in [5, 5.41) is 9.45. The number of ether oxygens (including phenoxy) is 1. The van der Waals surface area contributed by atoms with Gasteiger partial charge in [0.2, 0.25) is 5.91 Å². The molecule has 1 heterocycles. The third-order valence-corrected chi connectivity index (χ3v) is 4.10. The number of nitrogens with zero attached hydrogens (tertiary/aromatic N) is 1. The highest BCUT2D eigenvalue weighted by Gasteiger charge is 2.37. The molecule has 4 nitrogen and oxygen atoms in total. The Morgan fingerprint density at radius 2 is 2.09 bits per heavy atom. The molecule has 0 aliphatic carbocycles. The summed E-state index contributed by atoms with van der Waals surface area (Å²) < 4.78 is 5.64. The van der Waals surface area contributed by atoms with Gasteiger partial charge in [-0.2, -0.15) is 0 Å². The van der Waals surface area contributed by atoms with Crippen molar-refractivity contribution in [1.82, 2.24) is 4.90 Å². The van der Waals surface area contributed by atoms with Crippen molar-refractivity contribution in [3.8, 4) is 5.75 Å². The zero-order chi connectivity index (χ0) is 15.8. The molecule has 1 fully saturated rings. The van der Waals surface area contributed by atoms with Crippen molar-refractivity contribution in [2.45, 2.75) is 31.7 Å². The first kappa shape index (κ1) is 16.6. The highest BCUT2D eigenvalue weighted by molar-refractivity contribution is 5.81. The molecular weight excluding hydrogens is 278 g/mol. The fourth-order valence-corrected chi connectivity index (χ4v) is 2.93. The number of aliphatic hydroxyl groups is 1. The van der Waals surface area contributed by atoms with E-state index in [2.05, 4.69) is 6.58 Å². The smallest absolute Gasteiger partial charge is 0.226 e. The van der Waals surface area contributed by atoms with Crippen molar-refractivity contribution in [2.75, 3.05) is 19.8 Å². The van der Waals surface area contributed by atoms with Gasteiger partial charge >= 0.3 is 0 Å². The van der Waals surface area contributed by atoms with E-state index in [1.807, 2.05) is 35.2 Å². The highest BCUT2D eigenvalue weighted by atomic mass is 16.5. The average Bonchev–Trinajstić information content (AvgIpc) is 2.84. The Morgan fingerprint density at radius 1 is 1.32 bits per heavy atom. The largest absolute Gasteiger partial charge is 0.494 e. The summed E-state index contributed by atoms with van der Waals surface area (Å²) in [4.78, 5) is 14.1. The number of likely N-dealkylation sites (tertiary alicyclic amines) is 1. The van der Waals surface area contributed by atoms with Crippen LogP contribution in [0.1, 0.15) is 25.7 Å². The van der Waals surface area contributed by atoms with Gasteiger partial charge in [0.25, 0.3) is 0 Å². The summed E-state index contributed by atoms with van der Waals surface area (Å²) in [7, 11) is 0. The summed E-state index contributed by atoms with van der Waals surface area (Å²) in [5.41, 5.74) is 0. The second-order valence-corrected chi connectivity index (χ2v) is 5.69. The Labute approximate surface area is 132 Å². The van der Waals surface area contributed by atoms with Crippen LogP contribution in [0.3, 0.4) is 0 Å². The van der Waals surface area contributed by atoms with Gasteiger partial charge in [-0.05, 0) is 37.8 Å². The van der Waals surface area contributed by atoms with E-state index in [1.165, 1.54) is 0 Å². The molecule has 120 valence electrons. The van der Waals surface area contributed by atoms with Gasteiger partial charge in [-0.25, -0.2) is 0 Å². The van der Waals surface area contributed by atoms with Gasteiger partial charge < -0.3 is 14.7 Å². The van der Waals surface area contributed by atoms with Crippen LogP contribution in [0.5, 0.6) is 5.75 Å². The summed E-state index contributed by atoms with van der Waals surface area (Å²) >= 11 is 0. The first-order chi connectivity index (χ1) is 10.8. The zero-order valence-electron chi connectivity index (χ0n) is 13.0. The molecule has 0 spiro atoms. The number of rotatable bonds is 9. The fraction of sp³-hybridized carbons (Fsp3) is 0.500. The fourth-order valence-electron chi connectivity index (χ4n) is 2.93. The number of carbonyl (C=O) groups excluding carboxylic acids is 1. The number of benzene rings is 1. The van der Waals surface area contributed by atoms with E-state index >= 15 is 0 Å². The van der Waals surface area contributed by atoms with E-state index in [0.29, 0.717) is 19.6 Å². The molecule has 1 saturated heterocycles. The van der Waals surface area contributed by atoms with Gasteiger partial charge in [0.05, 0.1) is 19.3 Å². The van der Waals surface area contributed by atoms with Crippen LogP contribution >= 0.6 is 0 Å². The lowest BCUT2D eigenvalue weighted by Gasteiger charge is -2.23. The minimum absolute atomic E-state index is 0.00443. The second kappa shape index (κ2) is 8.59. The number of aliphatic hydroxyl groups excluding tert-OH is 1. The molecule has 4 heteroatoms. The molecule has 1 amide bonds. The quantitative estimate of drug-likeness (QED) is 0.563. The predicted molar refractivity (Wildman–Crippen MR) is 86.7 cm³/mol. The number of carbonyl (C=O) groups is 1.